The van der Waals surface area contributed by atoms with E-state index in [4.69, 9.17) is 0 Å². The van der Waals surface area contributed by atoms with Crippen LogP contribution >= 0.6 is 0 Å². The predicted molar refractivity (Wildman–Crippen MR) is 346 cm³/mol. The second kappa shape index (κ2) is 28.4. The fraction of sp³-hybridized carbons (Fsp3) is 0.143. The molecule has 0 heterocycles. The van der Waals surface area contributed by atoms with Crippen molar-refractivity contribution in [1.82, 2.24) is 0 Å². The molecule has 77 heavy (non-hydrogen) atoms. The summed E-state index contributed by atoms with van der Waals surface area (Å²) in [6.07, 6.45) is 0.853. The molecule has 13 aromatic carbocycles. The Hall–Kier alpha value is -8.58. The summed E-state index contributed by atoms with van der Waals surface area (Å²) >= 11 is 0. The topological polar surface area (TPSA) is 0 Å². The van der Waals surface area contributed by atoms with Crippen LogP contribution in [0.15, 0.2) is 267 Å². The highest BCUT2D eigenvalue weighted by molar-refractivity contribution is 6.22. The van der Waals surface area contributed by atoms with Gasteiger partial charge in [0, 0.05) is 0 Å². The number of fused-ring (bicyclic) bond motifs is 6. The predicted octanol–water partition coefficient (Wildman–Crippen LogP) is 23.7. The highest BCUT2D eigenvalue weighted by Gasteiger charge is 2.20. The SMILES string of the molecule is CC.CC.CC.CC.CC.c1ccc(-c2c3ccccc3c(-c3ccccc3)c3ccccc23)cc1.c1ccc(-c2c3ccccc3c(Cc3c4ccccc4c(-c4ccccc4)c4ccccc34)c3ccccc23)cc1. The van der Waals surface area contributed by atoms with Crippen molar-refractivity contribution in [3.63, 3.8) is 0 Å². The maximum Gasteiger partial charge on any atom is -0.000110 e. The number of hydrogen-bond donors (Lipinski definition) is 0. The van der Waals surface area contributed by atoms with Crippen LogP contribution in [0.25, 0.3) is 109 Å². The van der Waals surface area contributed by atoms with Gasteiger partial charge in [0.15, 0.2) is 0 Å². The Morgan fingerprint density at radius 3 is 0.455 bits per heavy atom. The average molecular weight is 1000 g/mol. The van der Waals surface area contributed by atoms with Gasteiger partial charge in [-0.3, -0.25) is 0 Å². The summed E-state index contributed by atoms with van der Waals surface area (Å²) in [5.74, 6) is 0. The van der Waals surface area contributed by atoms with Crippen molar-refractivity contribution in [3.05, 3.63) is 278 Å². The molecule has 0 atom stereocenters. The Kier molecular flexibility index (Phi) is 20.7. The molecule has 13 aromatic rings. The summed E-state index contributed by atoms with van der Waals surface area (Å²) in [6.45, 7) is 20.0. The van der Waals surface area contributed by atoms with Crippen molar-refractivity contribution < 1.29 is 0 Å². The van der Waals surface area contributed by atoms with Crippen molar-refractivity contribution in [2.24, 2.45) is 0 Å². The van der Waals surface area contributed by atoms with Crippen LogP contribution in [0.5, 0.6) is 0 Å². The molecule has 0 bridgehead atoms. The van der Waals surface area contributed by atoms with Crippen LogP contribution in [0.1, 0.15) is 80.4 Å². The smallest absolute Gasteiger partial charge is 0.000110 e. The zero-order valence-electron chi connectivity index (χ0n) is 47.1. The largest absolute Gasteiger partial charge is 0.0683 e. The van der Waals surface area contributed by atoms with Crippen molar-refractivity contribution >= 4 is 64.6 Å². The molecule has 0 saturated heterocycles. The van der Waals surface area contributed by atoms with Crippen LogP contribution in [-0.4, -0.2) is 0 Å². The van der Waals surface area contributed by atoms with Crippen LogP contribution in [0, 0.1) is 0 Å². The van der Waals surface area contributed by atoms with Gasteiger partial charge in [-0.25, -0.2) is 0 Å². The molecule has 0 aliphatic rings. The van der Waals surface area contributed by atoms with E-state index in [0.29, 0.717) is 0 Å². The first kappa shape index (κ1) is 56.2. The lowest BCUT2D eigenvalue weighted by atomic mass is 9.83. The van der Waals surface area contributed by atoms with Gasteiger partial charge >= 0.3 is 0 Å². The minimum atomic E-state index is 0.853. The molecule has 0 spiro atoms. The number of benzene rings is 13. The van der Waals surface area contributed by atoms with Crippen molar-refractivity contribution in [2.75, 3.05) is 0 Å². The fourth-order valence-corrected chi connectivity index (χ4v) is 10.8. The Labute approximate surface area is 460 Å². The van der Waals surface area contributed by atoms with Gasteiger partial charge in [-0.2, -0.15) is 0 Å². The normalized spacial score (nSPS) is 10.3. The third-order valence-corrected chi connectivity index (χ3v) is 13.6. The first-order chi connectivity index (χ1) is 38.3. The molecular formula is C77H76. The number of rotatable bonds is 6. The molecule has 0 radical (unpaired) electrons. The summed E-state index contributed by atoms with van der Waals surface area (Å²) in [4.78, 5) is 0. The lowest BCUT2D eigenvalue weighted by Crippen LogP contribution is -1.98. The summed E-state index contributed by atoms with van der Waals surface area (Å²) in [5, 5.41) is 15.7. The zero-order chi connectivity index (χ0) is 54.5. The van der Waals surface area contributed by atoms with Crippen molar-refractivity contribution in [3.8, 4) is 44.5 Å². The van der Waals surface area contributed by atoms with Gasteiger partial charge < -0.3 is 0 Å². The molecule has 384 valence electrons. The molecule has 13 rings (SSSR count). The molecule has 0 aromatic heterocycles. The third-order valence-electron chi connectivity index (χ3n) is 13.6. The quantitative estimate of drug-likeness (QED) is 0.146. The van der Waals surface area contributed by atoms with Crippen LogP contribution < -0.4 is 0 Å². The Morgan fingerprint density at radius 1 is 0.156 bits per heavy atom. The van der Waals surface area contributed by atoms with Crippen LogP contribution in [0.4, 0.5) is 0 Å². The third kappa shape index (κ3) is 11.6. The summed E-state index contributed by atoms with van der Waals surface area (Å²) in [6, 6.07) is 96.5. The zero-order valence-corrected chi connectivity index (χ0v) is 47.1. The number of hydrogen-bond acceptors (Lipinski definition) is 0. The lowest BCUT2D eigenvalue weighted by molar-refractivity contribution is 1.28. The van der Waals surface area contributed by atoms with E-state index in [2.05, 4.69) is 267 Å². The van der Waals surface area contributed by atoms with Crippen LogP contribution in [0.2, 0.25) is 0 Å². The summed E-state index contributed by atoms with van der Waals surface area (Å²) in [5.41, 5.74) is 13.1. The van der Waals surface area contributed by atoms with E-state index in [0.717, 1.165) is 6.42 Å². The molecule has 0 fully saturated rings. The Bertz CT molecular complexity index is 3480. The average Bonchev–Trinajstić information content (AvgIpc) is 3.54. The molecule has 0 unspecified atom stereocenters. The van der Waals surface area contributed by atoms with E-state index in [1.165, 1.54) is 120 Å². The molecule has 0 heteroatoms. The van der Waals surface area contributed by atoms with Gasteiger partial charge in [-0.1, -0.05) is 336 Å². The van der Waals surface area contributed by atoms with E-state index in [1.807, 2.05) is 69.2 Å². The van der Waals surface area contributed by atoms with Gasteiger partial charge in [0.1, 0.15) is 0 Å². The maximum atomic E-state index is 2.31. The summed E-state index contributed by atoms with van der Waals surface area (Å²) < 4.78 is 0. The Balaban J connectivity index is 0.000000206. The van der Waals surface area contributed by atoms with Crippen molar-refractivity contribution in [2.45, 2.75) is 75.7 Å². The van der Waals surface area contributed by atoms with Crippen molar-refractivity contribution in [1.29, 1.82) is 0 Å². The highest BCUT2D eigenvalue weighted by atomic mass is 14.2. The second-order valence-corrected chi connectivity index (χ2v) is 17.4. The van der Waals surface area contributed by atoms with Gasteiger partial charge in [0.2, 0.25) is 0 Å². The minimum Gasteiger partial charge on any atom is -0.0683 e. The molecule has 0 saturated carbocycles. The molecule has 0 aliphatic heterocycles. The van der Waals surface area contributed by atoms with Gasteiger partial charge in [0.25, 0.3) is 0 Å². The van der Waals surface area contributed by atoms with Gasteiger partial charge in [-0.05, 0) is 127 Å². The van der Waals surface area contributed by atoms with Gasteiger partial charge in [0.05, 0.1) is 0 Å². The Morgan fingerprint density at radius 2 is 0.286 bits per heavy atom. The van der Waals surface area contributed by atoms with E-state index in [1.54, 1.807) is 0 Å². The minimum absolute atomic E-state index is 0.853. The van der Waals surface area contributed by atoms with E-state index in [9.17, 15) is 0 Å². The molecule has 0 amide bonds. The van der Waals surface area contributed by atoms with E-state index < -0.39 is 0 Å². The van der Waals surface area contributed by atoms with E-state index in [-0.39, 0.29) is 0 Å². The molecule has 0 nitrogen and oxygen atoms in total. The second-order valence-electron chi connectivity index (χ2n) is 17.4. The first-order valence-electron chi connectivity index (χ1n) is 28.3. The maximum absolute atomic E-state index is 2.31. The molecule has 0 N–H and O–H groups in total. The molecular weight excluding hydrogens is 925 g/mol. The molecule has 0 aliphatic carbocycles. The lowest BCUT2D eigenvalue weighted by Gasteiger charge is -2.20. The monoisotopic (exact) mass is 1000 g/mol. The van der Waals surface area contributed by atoms with Crippen LogP contribution in [-0.2, 0) is 6.42 Å². The summed E-state index contributed by atoms with van der Waals surface area (Å²) in [7, 11) is 0. The van der Waals surface area contributed by atoms with Crippen LogP contribution in [0.3, 0.4) is 0 Å². The standard InChI is InChI=1S/C41H28.C26H18.5C2H6/c1-3-15-28(16-4-1)40-34-23-11-7-19-30(34)38(31-20-8-12-24-35(31)40)27-39-32-21-9-13-25-36(32)41(29-17-5-2-6-18-29)37-26-14-10-22-33(37)39;1-3-11-19(12-4-1)25-21-15-7-9-17-23(21)26(20-13-5-2-6-14-20)24-18-10-8-16-22(24)25;5*1-2/h1-26H,27H2;1-18H;5*1-2H3. The first-order valence-corrected chi connectivity index (χ1v) is 28.3. The highest BCUT2D eigenvalue weighted by Crippen LogP contribution is 2.46. The van der Waals surface area contributed by atoms with E-state index >= 15 is 0 Å². The fourth-order valence-electron chi connectivity index (χ4n) is 10.8. The van der Waals surface area contributed by atoms with Gasteiger partial charge in [-0.15, -0.1) is 0 Å².